The molecule has 0 radical (unpaired) electrons. The summed E-state index contributed by atoms with van der Waals surface area (Å²) in [7, 11) is 0. The summed E-state index contributed by atoms with van der Waals surface area (Å²) in [6.07, 6.45) is 9.25. The van der Waals surface area contributed by atoms with Crippen molar-refractivity contribution in [2.75, 3.05) is 32.8 Å². The summed E-state index contributed by atoms with van der Waals surface area (Å²) in [6.45, 7) is 7.33. The molecule has 0 spiro atoms. The quantitative estimate of drug-likeness (QED) is 0.837. The zero-order chi connectivity index (χ0) is 12.8. The molecule has 2 rings (SSSR count). The number of rotatable bonds is 4. The molecule has 2 N–H and O–H groups in total. The Balaban J connectivity index is 1.99. The van der Waals surface area contributed by atoms with Gasteiger partial charge in [-0.3, -0.25) is 4.90 Å². The van der Waals surface area contributed by atoms with Gasteiger partial charge in [0.1, 0.15) is 0 Å². The number of nitrogens with zero attached hydrogens (tertiary/aromatic N) is 1. The lowest BCUT2D eigenvalue weighted by molar-refractivity contribution is -0.0286. The van der Waals surface area contributed by atoms with E-state index in [4.69, 9.17) is 10.5 Å². The van der Waals surface area contributed by atoms with Crippen molar-refractivity contribution in [3.05, 3.63) is 0 Å². The minimum absolute atomic E-state index is 0.232. The van der Waals surface area contributed by atoms with Crippen LogP contribution in [-0.4, -0.2) is 43.8 Å². The molecular formula is C15H30N2O. The highest BCUT2D eigenvalue weighted by Crippen LogP contribution is 2.31. The molecule has 3 nitrogen and oxygen atoms in total. The summed E-state index contributed by atoms with van der Waals surface area (Å²) >= 11 is 0. The lowest BCUT2D eigenvalue weighted by Gasteiger charge is -2.42. The average molecular weight is 254 g/mol. The van der Waals surface area contributed by atoms with E-state index in [1.807, 2.05) is 0 Å². The van der Waals surface area contributed by atoms with Crippen molar-refractivity contribution in [1.29, 1.82) is 0 Å². The van der Waals surface area contributed by atoms with Crippen LogP contribution in [-0.2, 0) is 4.74 Å². The minimum atomic E-state index is 0.232. The summed E-state index contributed by atoms with van der Waals surface area (Å²) in [4.78, 5) is 2.72. The molecule has 3 heteroatoms. The Morgan fingerprint density at radius 3 is 2.83 bits per heavy atom. The maximum atomic E-state index is 6.07. The van der Waals surface area contributed by atoms with Gasteiger partial charge in [0.2, 0.25) is 0 Å². The van der Waals surface area contributed by atoms with E-state index >= 15 is 0 Å². The predicted molar refractivity (Wildman–Crippen MR) is 75.7 cm³/mol. The standard InChI is InChI=1S/C15H30N2O/c1-2-14-7-4-3-5-9-17(14)12-15(11-16)8-6-10-18-13-15/h14H,2-13,16H2,1H3. The smallest absolute Gasteiger partial charge is 0.0546 e. The van der Waals surface area contributed by atoms with Crippen LogP contribution in [0.5, 0.6) is 0 Å². The van der Waals surface area contributed by atoms with E-state index in [0.29, 0.717) is 0 Å². The van der Waals surface area contributed by atoms with Crippen LogP contribution in [0.4, 0.5) is 0 Å². The lowest BCUT2D eigenvalue weighted by Crippen LogP contribution is -2.50. The molecule has 0 aliphatic carbocycles. The molecule has 2 aliphatic rings. The van der Waals surface area contributed by atoms with Crippen molar-refractivity contribution in [1.82, 2.24) is 4.90 Å². The Hall–Kier alpha value is -0.120. The highest BCUT2D eigenvalue weighted by Gasteiger charge is 2.35. The fraction of sp³-hybridized carbons (Fsp3) is 1.00. The lowest BCUT2D eigenvalue weighted by atomic mass is 9.81. The Kier molecular flexibility index (Phi) is 5.46. The molecule has 2 aliphatic heterocycles. The highest BCUT2D eigenvalue weighted by molar-refractivity contribution is 4.88. The number of nitrogens with two attached hydrogens (primary N) is 1. The molecule has 2 fully saturated rings. The third-order valence-corrected chi connectivity index (χ3v) is 4.85. The van der Waals surface area contributed by atoms with Crippen LogP contribution in [0.2, 0.25) is 0 Å². The zero-order valence-corrected chi connectivity index (χ0v) is 12.0. The fourth-order valence-corrected chi connectivity index (χ4v) is 3.60. The number of hydrogen-bond donors (Lipinski definition) is 1. The van der Waals surface area contributed by atoms with Crippen molar-refractivity contribution in [3.63, 3.8) is 0 Å². The monoisotopic (exact) mass is 254 g/mol. The van der Waals surface area contributed by atoms with E-state index in [0.717, 1.165) is 32.3 Å². The van der Waals surface area contributed by atoms with Crippen LogP contribution in [0.1, 0.15) is 51.9 Å². The van der Waals surface area contributed by atoms with E-state index in [1.54, 1.807) is 0 Å². The van der Waals surface area contributed by atoms with Gasteiger partial charge in [-0.05, 0) is 38.6 Å². The van der Waals surface area contributed by atoms with Gasteiger partial charge in [-0.15, -0.1) is 0 Å². The first-order valence-corrected chi connectivity index (χ1v) is 7.81. The Labute approximate surface area is 112 Å². The van der Waals surface area contributed by atoms with Gasteiger partial charge in [-0.2, -0.15) is 0 Å². The summed E-state index contributed by atoms with van der Waals surface area (Å²) in [5, 5.41) is 0. The molecule has 0 amide bonds. The molecule has 2 saturated heterocycles. The number of likely N-dealkylation sites (tertiary alicyclic amines) is 1. The second-order valence-corrected chi connectivity index (χ2v) is 6.24. The maximum absolute atomic E-state index is 6.07. The van der Waals surface area contributed by atoms with Crippen LogP contribution in [0.3, 0.4) is 0 Å². The van der Waals surface area contributed by atoms with E-state index < -0.39 is 0 Å². The Bertz CT molecular complexity index is 239. The summed E-state index contributed by atoms with van der Waals surface area (Å²) in [6, 6.07) is 0.776. The highest BCUT2D eigenvalue weighted by atomic mass is 16.5. The van der Waals surface area contributed by atoms with Crippen LogP contribution in [0, 0.1) is 5.41 Å². The van der Waals surface area contributed by atoms with Crippen molar-refractivity contribution in [2.45, 2.75) is 57.9 Å². The predicted octanol–water partition coefficient (Wildman–Crippen LogP) is 2.40. The normalized spacial score (nSPS) is 35.3. The molecular weight excluding hydrogens is 224 g/mol. The minimum Gasteiger partial charge on any atom is -0.381 e. The molecule has 0 aromatic carbocycles. The molecule has 0 saturated carbocycles. The summed E-state index contributed by atoms with van der Waals surface area (Å²) < 4.78 is 5.71. The molecule has 0 aromatic heterocycles. The van der Waals surface area contributed by atoms with Crippen LogP contribution >= 0.6 is 0 Å². The third-order valence-electron chi connectivity index (χ3n) is 4.85. The Morgan fingerprint density at radius 2 is 2.17 bits per heavy atom. The van der Waals surface area contributed by atoms with Gasteiger partial charge in [-0.1, -0.05) is 19.8 Å². The van der Waals surface area contributed by atoms with Crippen LogP contribution < -0.4 is 5.73 Å². The van der Waals surface area contributed by atoms with Crippen LogP contribution in [0.15, 0.2) is 0 Å². The fourth-order valence-electron chi connectivity index (χ4n) is 3.60. The van der Waals surface area contributed by atoms with Gasteiger partial charge in [-0.25, -0.2) is 0 Å². The first kappa shape index (κ1) is 14.3. The van der Waals surface area contributed by atoms with Crippen LogP contribution in [0.25, 0.3) is 0 Å². The average Bonchev–Trinajstić information content (AvgIpc) is 2.65. The van der Waals surface area contributed by atoms with E-state index in [1.165, 1.54) is 51.5 Å². The van der Waals surface area contributed by atoms with Gasteiger partial charge in [0.25, 0.3) is 0 Å². The SMILES string of the molecule is CCC1CCCCCN1CC1(CN)CCCOC1. The number of hydrogen-bond acceptors (Lipinski definition) is 3. The molecule has 0 aromatic rings. The molecule has 2 atom stereocenters. The summed E-state index contributed by atoms with van der Waals surface area (Å²) in [5.74, 6) is 0. The Morgan fingerprint density at radius 1 is 1.28 bits per heavy atom. The number of ether oxygens (including phenoxy) is 1. The topological polar surface area (TPSA) is 38.5 Å². The zero-order valence-electron chi connectivity index (χ0n) is 12.0. The van der Waals surface area contributed by atoms with Crippen molar-refractivity contribution < 1.29 is 4.74 Å². The third kappa shape index (κ3) is 3.46. The van der Waals surface area contributed by atoms with E-state index in [-0.39, 0.29) is 5.41 Å². The first-order valence-electron chi connectivity index (χ1n) is 7.81. The van der Waals surface area contributed by atoms with E-state index in [2.05, 4.69) is 11.8 Å². The van der Waals surface area contributed by atoms with E-state index in [9.17, 15) is 0 Å². The van der Waals surface area contributed by atoms with Gasteiger partial charge in [0.05, 0.1) is 6.61 Å². The largest absolute Gasteiger partial charge is 0.381 e. The summed E-state index contributed by atoms with van der Waals surface area (Å²) in [5.41, 5.74) is 6.31. The molecule has 106 valence electrons. The molecule has 18 heavy (non-hydrogen) atoms. The molecule has 0 bridgehead atoms. The van der Waals surface area contributed by atoms with Gasteiger partial charge in [0.15, 0.2) is 0 Å². The maximum Gasteiger partial charge on any atom is 0.0546 e. The molecule has 2 unspecified atom stereocenters. The van der Waals surface area contributed by atoms with Gasteiger partial charge in [0, 0.05) is 31.2 Å². The first-order chi connectivity index (χ1) is 8.79. The van der Waals surface area contributed by atoms with Crippen molar-refractivity contribution in [2.24, 2.45) is 11.1 Å². The van der Waals surface area contributed by atoms with Crippen molar-refractivity contribution >= 4 is 0 Å². The molecule has 2 heterocycles. The van der Waals surface area contributed by atoms with Gasteiger partial charge >= 0.3 is 0 Å². The van der Waals surface area contributed by atoms with Crippen molar-refractivity contribution in [3.8, 4) is 0 Å². The second-order valence-electron chi connectivity index (χ2n) is 6.24. The second kappa shape index (κ2) is 6.88. The van der Waals surface area contributed by atoms with Gasteiger partial charge < -0.3 is 10.5 Å².